The van der Waals surface area contributed by atoms with Crippen LogP contribution in [0.25, 0.3) is 44.3 Å². The molecule has 0 aliphatic heterocycles. The van der Waals surface area contributed by atoms with Gasteiger partial charge in [-0.15, -0.1) is 0 Å². The molecule has 0 unspecified atom stereocenters. The van der Waals surface area contributed by atoms with Crippen molar-refractivity contribution in [1.29, 1.82) is 5.26 Å². The Morgan fingerprint density at radius 1 is 0.970 bits per heavy atom. The molecule has 0 radical (unpaired) electrons. The minimum atomic E-state index is 0.434. The van der Waals surface area contributed by atoms with Crippen molar-refractivity contribution in [3.05, 3.63) is 89.6 Å². The number of benzene rings is 3. The number of hydrogen-bond acceptors (Lipinski definition) is 2. The largest absolute Gasteiger partial charge is 0.454 e. The predicted octanol–water partition coefficient (Wildman–Crippen LogP) is 7.12. The molecule has 0 aliphatic carbocycles. The Hall–Kier alpha value is -3.90. The van der Waals surface area contributed by atoms with E-state index in [0.29, 0.717) is 17.1 Å². The third kappa shape index (κ3) is 3.49. The van der Waals surface area contributed by atoms with Gasteiger partial charge in [0, 0.05) is 22.9 Å². The molecule has 33 heavy (non-hydrogen) atoms. The van der Waals surface area contributed by atoms with Gasteiger partial charge in [0.1, 0.15) is 18.7 Å². The number of furan rings is 1. The predicted molar refractivity (Wildman–Crippen MR) is 134 cm³/mol. The molecule has 3 heteroatoms. The van der Waals surface area contributed by atoms with Crippen molar-refractivity contribution in [3.8, 4) is 28.5 Å². The highest BCUT2D eigenvalue weighted by molar-refractivity contribution is 6.17. The highest BCUT2D eigenvalue weighted by atomic mass is 16.3. The molecule has 0 atom stereocenters. The van der Waals surface area contributed by atoms with E-state index in [1.165, 1.54) is 0 Å². The normalized spacial score (nSPS) is 11.4. The fraction of sp³-hybridized carbons (Fsp3) is 0.200. The van der Waals surface area contributed by atoms with E-state index in [0.717, 1.165) is 56.3 Å². The summed E-state index contributed by atoms with van der Waals surface area (Å²) in [7, 11) is 2.05. The minimum Gasteiger partial charge on any atom is -0.454 e. The summed E-state index contributed by atoms with van der Waals surface area (Å²) < 4.78 is 8.76. The van der Waals surface area contributed by atoms with E-state index in [-0.39, 0.29) is 0 Å². The van der Waals surface area contributed by atoms with Gasteiger partial charge in [0.2, 0.25) is 5.69 Å². The molecule has 0 saturated heterocycles. The lowest BCUT2D eigenvalue weighted by atomic mass is 9.90. The lowest BCUT2D eigenvalue weighted by Crippen LogP contribution is -2.30. The Bertz CT molecular complexity index is 1540. The van der Waals surface area contributed by atoms with Gasteiger partial charge in [0.25, 0.3) is 0 Å². The Balaban J connectivity index is 1.96. The van der Waals surface area contributed by atoms with Crippen LogP contribution in [-0.2, 0) is 13.5 Å². The van der Waals surface area contributed by atoms with Crippen LogP contribution in [0.3, 0.4) is 0 Å². The standard InChI is InChI=1S/C30H27N2O/c1-19(2)16-22-17-24(21-10-6-5-7-11-21)28-23-14-13-20(3)27(26-12-8-9-15-32(26)4)29(23)33-30(28)25(22)18-31/h5-15,17,19H,16H2,1-4H3/q+1. The second-order valence-electron chi connectivity index (χ2n) is 9.17. The molecule has 5 aromatic rings. The first-order valence-electron chi connectivity index (χ1n) is 11.4. The zero-order valence-electron chi connectivity index (χ0n) is 19.5. The lowest BCUT2D eigenvalue weighted by molar-refractivity contribution is -0.660. The summed E-state index contributed by atoms with van der Waals surface area (Å²) in [5.74, 6) is 0.434. The monoisotopic (exact) mass is 431 g/mol. The number of hydrogen-bond donors (Lipinski definition) is 0. The average Bonchev–Trinajstić information content (AvgIpc) is 3.19. The first-order valence-corrected chi connectivity index (χ1v) is 11.4. The van der Waals surface area contributed by atoms with Crippen LogP contribution in [0, 0.1) is 24.2 Å². The van der Waals surface area contributed by atoms with E-state index in [9.17, 15) is 5.26 Å². The number of nitriles is 1. The number of pyridine rings is 1. The van der Waals surface area contributed by atoms with Crippen LogP contribution in [0.4, 0.5) is 0 Å². The Morgan fingerprint density at radius 2 is 1.73 bits per heavy atom. The number of nitrogens with zero attached hydrogens (tertiary/aromatic N) is 2. The van der Waals surface area contributed by atoms with Crippen LogP contribution in [-0.4, -0.2) is 0 Å². The summed E-state index contributed by atoms with van der Waals surface area (Å²) in [5, 5.41) is 12.2. The first kappa shape index (κ1) is 21.0. The highest BCUT2D eigenvalue weighted by Gasteiger charge is 2.25. The summed E-state index contributed by atoms with van der Waals surface area (Å²) in [5.41, 5.74) is 8.76. The minimum absolute atomic E-state index is 0.434. The van der Waals surface area contributed by atoms with Crippen LogP contribution < -0.4 is 4.57 Å². The van der Waals surface area contributed by atoms with Crippen LogP contribution in [0.15, 0.2) is 77.3 Å². The molecule has 0 aliphatic rings. The number of aromatic nitrogens is 1. The van der Waals surface area contributed by atoms with Gasteiger partial charge in [-0.2, -0.15) is 5.26 Å². The van der Waals surface area contributed by atoms with Gasteiger partial charge in [0.05, 0.1) is 11.1 Å². The van der Waals surface area contributed by atoms with Crippen LogP contribution in [0.2, 0.25) is 0 Å². The molecule has 0 bridgehead atoms. The quantitative estimate of drug-likeness (QED) is 0.284. The number of rotatable bonds is 4. The van der Waals surface area contributed by atoms with Gasteiger partial charge in [-0.1, -0.05) is 56.3 Å². The summed E-state index contributed by atoms with van der Waals surface area (Å²) in [6.45, 7) is 6.48. The first-order chi connectivity index (χ1) is 16.0. The fourth-order valence-electron chi connectivity index (χ4n) is 4.84. The molecule has 2 aromatic heterocycles. The van der Waals surface area contributed by atoms with Crippen molar-refractivity contribution in [1.82, 2.24) is 0 Å². The van der Waals surface area contributed by atoms with Gasteiger partial charge in [0.15, 0.2) is 11.8 Å². The van der Waals surface area contributed by atoms with Gasteiger partial charge < -0.3 is 4.42 Å². The zero-order chi connectivity index (χ0) is 23.1. The maximum atomic E-state index is 10.2. The molecule has 0 saturated carbocycles. The Morgan fingerprint density at radius 3 is 2.42 bits per heavy atom. The van der Waals surface area contributed by atoms with E-state index in [2.05, 4.69) is 79.9 Å². The van der Waals surface area contributed by atoms with Crippen molar-refractivity contribution < 1.29 is 8.98 Å². The van der Waals surface area contributed by atoms with Crippen LogP contribution >= 0.6 is 0 Å². The summed E-state index contributed by atoms with van der Waals surface area (Å²) >= 11 is 0. The Labute approximate surface area is 194 Å². The van der Waals surface area contributed by atoms with E-state index in [4.69, 9.17) is 4.42 Å². The molecule has 0 N–H and O–H groups in total. The molecule has 0 fully saturated rings. The topological polar surface area (TPSA) is 40.8 Å². The van der Waals surface area contributed by atoms with Crippen LogP contribution in [0.5, 0.6) is 0 Å². The summed E-state index contributed by atoms with van der Waals surface area (Å²) in [6.07, 6.45) is 2.88. The third-order valence-corrected chi connectivity index (χ3v) is 6.34. The molecule has 3 aromatic carbocycles. The molecule has 5 rings (SSSR count). The molecule has 0 spiro atoms. The van der Waals surface area contributed by atoms with E-state index in [1.807, 2.05) is 31.4 Å². The number of aryl methyl sites for hydroxylation is 2. The highest BCUT2D eigenvalue weighted by Crippen LogP contribution is 2.43. The van der Waals surface area contributed by atoms with Crippen molar-refractivity contribution in [2.24, 2.45) is 13.0 Å². The molecular formula is C30H27N2O+. The average molecular weight is 432 g/mol. The molecule has 2 heterocycles. The van der Waals surface area contributed by atoms with Gasteiger partial charge in [-0.25, -0.2) is 4.57 Å². The Kier molecular flexibility index (Phi) is 5.23. The SMILES string of the molecule is Cc1ccc2c(oc3c(C#N)c(CC(C)C)cc(-c4ccccc4)c32)c1-c1cccc[n+]1C. The molecule has 162 valence electrons. The third-order valence-electron chi connectivity index (χ3n) is 6.34. The van der Waals surface area contributed by atoms with Crippen molar-refractivity contribution in [2.75, 3.05) is 0 Å². The second kappa shape index (κ2) is 8.22. The van der Waals surface area contributed by atoms with E-state index < -0.39 is 0 Å². The molecule has 3 nitrogen and oxygen atoms in total. The summed E-state index contributed by atoms with van der Waals surface area (Å²) in [4.78, 5) is 0. The van der Waals surface area contributed by atoms with Gasteiger partial charge in [-0.05, 0) is 53.6 Å². The van der Waals surface area contributed by atoms with Gasteiger partial charge in [-0.3, -0.25) is 0 Å². The fourth-order valence-corrected chi connectivity index (χ4v) is 4.84. The second-order valence-corrected chi connectivity index (χ2v) is 9.17. The van der Waals surface area contributed by atoms with Gasteiger partial charge >= 0.3 is 0 Å². The lowest BCUT2D eigenvalue weighted by Gasteiger charge is -2.12. The van der Waals surface area contributed by atoms with E-state index >= 15 is 0 Å². The molecular weight excluding hydrogens is 404 g/mol. The summed E-state index contributed by atoms with van der Waals surface area (Å²) in [6, 6.07) is 25.6. The van der Waals surface area contributed by atoms with Crippen molar-refractivity contribution >= 4 is 21.9 Å². The van der Waals surface area contributed by atoms with E-state index in [1.54, 1.807) is 0 Å². The van der Waals surface area contributed by atoms with Crippen molar-refractivity contribution in [3.63, 3.8) is 0 Å². The smallest absolute Gasteiger partial charge is 0.216 e. The van der Waals surface area contributed by atoms with Crippen molar-refractivity contribution in [2.45, 2.75) is 27.2 Å². The maximum Gasteiger partial charge on any atom is 0.216 e. The zero-order valence-corrected chi connectivity index (χ0v) is 19.5. The van der Waals surface area contributed by atoms with Crippen LogP contribution in [0.1, 0.15) is 30.5 Å². The molecule has 0 amide bonds. The number of fused-ring (bicyclic) bond motifs is 3. The maximum absolute atomic E-state index is 10.2.